The summed E-state index contributed by atoms with van der Waals surface area (Å²) in [7, 11) is 0. The number of unbranched alkanes of at least 4 members (excludes halogenated alkanes) is 4. The Balaban J connectivity index is 1.80. The number of benzene rings is 3. The normalized spacial score (nSPS) is 10.5. The van der Waals surface area contributed by atoms with E-state index in [1.807, 2.05) is 12.1 Å². The van der Waals surface area contributed by atoms with E-state index in [1.54, 1.807) is 42.5 Å². The highest BCUT2D eigenvalue weighted by Gasteiger charge is 2.20. The summed E-state index contributed by atoms with van der Waals surface area (Å²) in [5.74, 6) is -1.83. The highest BCUT2D eigenvalue weighted by Crippen LogP contribution is 2.30. The van der Waals surface area contributed by atoms with Crippen LogP contribution in [0.5, 0.6) is 17.2 Å². The Morgan fingerprint density at radius 2 is 1.21 bits per heavy atom. The second-order valence-corrected chi connectivity index (χ2v) is 9.74. The van der Waals surface area contributed by atoms with E-state index in [1.165, 1.54) is 37.8 Å². The van der Waals surface area contributed by atoms with Gasteiger partial charge in [-0.05, 0) is 65.9 Å². The molecule has 3 aromatic rings. The lowest BCUT2D eigenvalue weighted by atomic mass is 10.0. The molecule has 3 aromatic carbocycles. The molecular formula is C34H36O8. The van der Waals surface area contributed by atoms with Crippen molar-refractivity contribution >= 4 is 17.9 Å². The first-order chi connectivity index (χ1) is 20.2. The van der Waals surface area contributed by atoms with Crippen LogP contribution in [0.4, 0.5) is 0 Å². The van der Waals surface area contributed by atoms with Gasteiger partial charge >= 0.3 is 17.9 Å². The molecule has 8 heteroatoms. The molecule has 3 rings (SSSR count). The van der Waals surface area contributed by atoms with Gasteiger partial charge in [0.1, 0.15) is 22.8 Å². The minimum atomic E-state index is -0.877. The molecule has 0 heterocycles. The van der Waals surface area contributed by atoms with Gasteiger partial charge in [-0.2, -0.15) is 0 Å². The predicted molar refractivity (Wildman–Crippen MR) is 159 cm³/mol. The molecule has 0 aliphatic heterocycles. The summed E-state index contributed by atoms with van der Waals surface area (Å²) in [6.07, 6.45) is 6.89. The van der Waals surface area contributed by atoms with E-state index in [4.69, 9.17) is 19.3 Å². The number of carbonyl (C=O) groups excluding carboxylic acids is 3. The van der Waals surface area contributed by atoms with Gasteiger partial charge in [-0.3, -0.25) is 0 Å². The number of rotatable bonds is 15. The average molecular weight is 573 g/mol. The van der Waals surface area contributed by atoms with Crippen molar-refractivity contribution in [1.82, 2.24) is 0 Å². The van der Waals surface area contributed by atoms with Gasteiger partial charge in [-0.15, -0.1) is 0 Å². The summed E-state index contributed by atoms with van der Waals surface area (Å²) < 4.78 is 16.1. The fourth-order valence-corrected chi connectivity index (χ4v) is 3.97. The van der Waals surface area contributed by atoms with Crippen molar-refractivity contribution in [3.05, 3.63) is 102 Å². The number of aliphatic hydroxyl groups excluding tert-OH is 2. The third-order valence-electron chi connectivity index (χ3n) is 6.46. The smallest absolute Gasteiger partial charge is 0.347 e. The largest absolute Gasteiger partial charge is 0.423 e. The van der Waals surface area contributed by atoms with E-state index < -0.39 is 31.1 Å². The molecule has 0 spiro atoms. The van der Waals surface area contributed by atoms with Gasteiger partial charge in [0.15, 0.2) is 0 Å². The number of aryl methyl sites for hydroxylation is 1. The van der Waals surface area contributed by atoms with Crippen LogP contribution in [-0.2, 0) is 16.0 Å². The van der Waals surface area contributed by atoms with Crippen LogP contribution in [0.1, 0.15) is 54.9 Å². The molecule has 220 valence electrons. The first-order valence-corrected chi connectivity index (χ1v) is 13.8. The maximum Gasteiger partial charge on any atom is 0.347 e. The first kappa shape index (κ1) is 32.0. The minimum absolute atomic E-state index is 0.0126. The van der Waals surface area contributed by atoms with Crippen molar-refractivity contribution in [2.24, 2.45) is 0 Å². The second kappa shape index (κ2) is 16.0. The Morgan fingerprint density at radius 3 is 1.83 bits per heavy atom. The van der Waals surface area contributed by atoms with Gasteiger partial charge in [0.25, 0.3) is 0 Å². The van der Waals surface area contributed by atoms with Crippen molar-refractivity contribution in [2.75, 3.05) is 13.2 Å². The van der Waals surface area contributed by atoms with Crippen LogP contribution >= 0.6 is 0 Å². The number of ether oxygens (including phenoxy) is 3. The molecule has 0 radical (unpaired) electrons. The number of aliphatic hydroxyl groups is 2. The fourth-order valence-electron chi connectivity index (χ4n) is 3.97. The number of esters is 3. The van der Waals surface area contributed by atoms with Gasteiger partial charge in [-0.1, -0.05) is 76.1 Å². The zero-order valence-electron chi connectivity index (χ0n) is 23.8. The van der Waals surface area contributed by atoms with Crippen molar-refractivity contribution in [2.45, 2.75) is 45.4 Å². The highest BCUT2D eigenvalue weighted by atomic mass is 16.6. The summed E-state index contributed by atoms with van der Waals surface area (Å²) >= 11 is 0. The van der Waals surface area contributed by atoms with Gasteiger partial charge in [0.2, 0.25) is 0 Å². The lowest BCUT2D eigenvalue weighted by Crippen LogP contribution is -2.17. The van der Waals surface area contributed by atoms with Crippen LogP contribution in [0.15, 0.2) is 91.0 Å². The molecular weight excluding hydrogens is 536 g/mol. The molecule has 0 bridgehead atoms. The van der Waals surface area contributed by atoms with Crippen LogP contribution in [0.2, 0.25) is 0 Å². The van der Waals surface area contributed by atoms with E-state index in [0.29, 0.717) is 16.9 Å². The van der Waals surface area contributed by atoms with Gasteiger partial charge in [-0.25, -0.2) is 14.4 Å². The summed E-state index contributed by atoms with van der Waals surface area (Å²) in [6, 6.07) is 18.4. The average Bonchev–Trinajstić information content (AvgIpc) is 3.01. The van der Waals surface area contributed by atoms with Crippen LogP contribution in [-0.4, -0.2) is 41.3 Å². The summed E-state index contributed by atoms with van der Waals surface area (Å²) in [4.78, 5) is 37.5. The third-order valence-corrected chi connectivity index (χ3v) is 6.46. The summed E-state index contributed by atoms with van der Waals surface area (Å²) in [6.45, 7) is 7.99. The predicted octanol–water partition coefficient (Wildman–Crippen LogP) is 5.99. The van der Waals surface area contributed by atoms with Gasteiger partial charge < -0.3 is 24.4 Å². The van der Waals surface area contributed by atoms with Crippen LogP contribution in [0.3, 0.4) is 0 Å². The molecule has 2 N–H and O–H groups in total. The third kappa shape index (κ3) is 9.26. The molecule has 0 amide bonds. The van der Waals surface area contributed by atoms with E-state index in [-0.39, 0.29) is 28.2 Å². The SMILES string of the molecule is C=C(CO)C(=O)Oc1ccc(-c2ccc(OC(=O)C(=C)CO)c(C(=O)Oc3ccc(CCCCCCC)cc3)c2)cc1. The Labute approximate surface area is 245 Å². The van der Waals surface area contributed by atoms with Crippen molar-refractivity contribution in [3.63, 3.8) is 0 Å². The van der Waals surface area contributed by atoms with E-state index in [9.17, 15) is 19.5 Å². The lowest BCUT2D eigenvalue weighted by Gasteiger charge is -2.13. The standard InChI is InChI=1S/C34H36O8/c1-4-5-6-7-8-9-25-10-15-28(16-11-25)41-34(39)30-20-27(14-19-31(30)42-33(38)24(3)22-36)26-12-17-29(18-13-26)40-32(37)23(2)21-35/h10-20,35-36H,2-9,21-22H2,1H3. The summed E-state index contributed by atoms with van der Waals surface area (Å²) in [5.41, 5.74) is 2.16. The van der Waals surface area contributed by atoms with Crippen molar-refractivity contribution in [1.29, 1.82) is 0 Å². The zero-order chi connectivity index (χ0) is 30.5. The molecule has 8 nitrogen and oxygen atoms in total. The maximum atomic E-state index is 13.3. The van der Waals surface area contributed by atoms with E-state index in [0.717, 1.165) is 18.4 Å². The van der Waals surface area contributed by atoms with E-state index in [2.05, 4.69) is 20.1 Å². The van der Waals surface area contributed by atoms with Crippen LogP contribution in [0, 0.1) is 0 Å². The maximum absolute atomic E-state index is 13.3. The topological polar surface area (TPSA) is 119 Å². The molecule has 0 fully saturated rings. The molecule has 0 saturated carbocycles. The quantitative estimate of drug-likeness (QED) is 0.0986. The Hall–Kier alpha value is -4.53. The fraction of sp³-hybridized carbons (Fsp3) is 0.265. The lowest BCUT2D eigenvalue weighted by molar-refractivity contribution is -0.131. The minimum Gasteiger partial charge on any atom is -0.423 e. The van der Waals surface area contributed by atoms with Gasteiger partial charge in [0, 0.05) is 0 Å². The number of hydrogen-bond acceptors (Lipinski definition) is 8. The van der Waals surface area contributed by atoms with Crippen LogP contribution in [0.25, 0.3) is 11.1 Å². The van der Waals surface area contributed by atoms with Gasteiger partial charge in [0.05, 0.1) is 24.4 Å². The van der Waals surface area contributed by atoms with E-state index >= 15 is 0 Å². The molecule has 0 aromatic heterocycles. The summed E-state index contributed by atoms with van der Waals surface area (Å²) in [5, 5.41) is 18.3. The van der Waals surface area contributed by atoms with Crippen LogP contribution < -0.4 is 14.2 Å². The molecule has 0 unspecified atom stereocenters. The first-order valence-electron chi connectivity index (χ1n) is 13.8. The Morgan fingerprint density at radius 1 is 0.667 bits per heavy atom. The number of carbonyl (C=O) groups is 3. The second-order valence-electron chi connectivity index (χ2n) is 9.74. The van der Waals surface area contributed by atoms with Crippen molar-refractivity contribution < 1.29 is 38.8 Å². The van der Waals surface area contributed by atoms with Crippen molar-refractivity contribution in [3.8, 4) is 28.4 Å². The molecule has 0 aliphatic carbocycles. The molecule has 42 heavy (non-hydrogen) atoms. The monoisotopic (exact) mass is 572 g/mol. The molecule has 0 atom stereocenters. The number of hydrogen-bond donors (Lipinski definition) is 2. The Bertz CT molecular complexity index is 1400. The molecule has 0 aliphatic rings. The zero-order valence-corrected chi connectivity index (χ0v) is 23.8. The highest BCUT2D eigenvalue weighted by molar-refractivity contribution is 5.98. The molecule has 0 saturated heterocycles. The Kier molecular flexibility index (Phi) is 12.2.